The van der Waals surface area contributed by atoms with Crippen molar-refractivity contribution in [1.29, 1.82) is 0 Å². The molecule has 1 fully saturated rings. The second-order valence-electron chi connectivity index (χ2n) is 7.59. The zero-order valence-electron chi connectivity index (χ0n) is 18.1. The van der Waals surface area contributed by atoms with Crippen LogP contribution in [0.15, 0.2) is 40.9 Å². The second-order valence-corrected chi connectivity index (χ2v) is 8.44. The van der Waals surface area contributed by atoms with Crippen LogP contribution in [-0.4, -0.2) is 50.9 Å². The fraction of sp³-hybridized carbons (Fsp3) is 0.500. The van der Waals surface area contributed by atoms with E-state index in [0.29, 0.717) is 13.2 Å². The van der Waals surface area contributed by atoms with E-state index < -0.39 is 0 Å². The van der Waals surface area contributed by atoms with Crippen molar-refractivity contribution in [1.82, 2.24) is 10.2 Å². The quantitative estimate of drug-likeness (QED) is 0.482. The SMILES string of the molecule is CCOc1cc(CNCCCN2CCOCC2)c(Br)cc1OCc1cccc(C)c1. The summed E-state index contributed by atoms with van der Waals surface area (Å²) in [5.41, 5.74) is 3.56. The normalized spacial score (nSPS) is 14.6. The molecule has 1 heterocycles. The van der Waals surface area contributed by atoms with Gasteiger partial charge in [-0.2, -0.15) is 0 Å². The predicted octanol–water partition coefficient (Wildman–Crippen LogP) is 4.55. The van der Waals surface area contributed by atoms with Crippen LogP contribution < -0.4 is 14.8 Å². The molecule has 2 aromatic carbocycles. The molecule has 0 aliphatic carbocycles. The van der Waals surface area contributed by atoms with Crippen molar-refractivity contribution >= 4 is 15.9 Å². The Kier molecular flexibility index (Phi) is 9.46. The molecular formula is C24H33BrN2O3. The maximum absolute atomic E-state index is 6.09. The molecular weight excluding hydrogens is 444 g/mol. The Bertz CT molecular complexity index is 794. The highest BCUT2D eigenvalue weighted by atomic mass is 79.9. The average molecular weight is 477 g/mol. The van der Waals surface area contributed by atoms with E-state index in [1.165, 1.54) is 11.1 Å². The zero-order valence-corrected chi connectivity index (χ0v) is 19.7. The van der Waals surface area contributed by atoms with Crippen molar-refractivity contribution in [2.45, 2.75) is 33.4 Å². The molecule has 6 heteroatoms. The first-order valence-corrected chi connectivity index (χ1v) is 11.6. The minimum Gasteiger partial charge on any atom is -0.490 e. The lowest BCUT2D eigenvalue weighted by Gasteiger charge is -2.26. The first-order valence-electron chi connectivity index (χ1n) is 10.8. The highest BCUT2D eigenvalue weighted by Crippen LogP contribution is 2.34. The Hall–Kier alpha value is -1.60. The monoisotopic (exact) mass is 476 g/mol. The van der Waals surface area contributed by atoms with E-state index in [0.717, 1.165) is 73.9 Å². The Morgan fingerprint density at radius 1 is 1.10 bits per heavy atom. The summed E-state index contributed by atoms with van der Waals surface area (Å²) in [4.78, 5) is 2.47. The van der Waals surface area contributed by atoms with Crippen molar-refractivity contribution in [2.24, 2.45) is 0 Å². The van der Waals surface area contributed by atoms with Crippen LogP contribution in [0.3, 0.4) is 0 Å². The largest absolute Gasteiger partial charge is 0.490 e. The van der Waals surface area contributed by atoms with Crippen LogP contribution in [0.1, 0.15) is 30.0 Å². The lowest BCUT2D eigenvalue weighted by molar-refractivity contribution is 0.0374. The molecule has 0 spiro atoms. The molecule has 0 saturated carbocycles. The molecule has 1 saturated heterocycles. The smallest absolute Gasteiger partial charge is 0.162 e. The van der Waals surface area contributed by atoms with Crippen molar-refractivity contribution < 1.29 is 14.2 Å². The number of morpholine rings is 1. The van der Waals surface area contributed by atoms with Gasteiger partial charge in [0, 0.05) is 24.1 Å². The summed E-state index contributed by atoms with van der Waals surface area (Å²) >= 11 is 3.70. The van der Waals surface area contributed by atoms with Crippen LogP contribution in [0.4, 0.5) is 0 Å². The molecule has 0 amide bonds. The van der Waals surface area contributed by atoms with Gasteiger partial charge < -0.3 is 19.5 Å². The summed E-state index contributed by atoms with van der Waals surface area (Å²) in [6.07, 6.45) is 1.13. The molecule has 0 aromatic heterocycles. The summed E-state index contributed by atoms with van der Waals surface area (Å²) in [7, 11) is 0. The van der Waals surface area contributed by atoms with Gasteiger partial charge >= 0.3 is 0 Å². The summed E-state index contributed by atoms with van der Waals surface area (Å²) in [6.45, 7) is 11.9. The molecule has 1 aliphatic heterocycles. The number of aryl methyl sites for hydroxylation is 1. The summed E-state index contributed by atoms with van der Waals surface area (Å²) in [6, 6.07) is 12.5. The highest BCUT2D eigenvalue weighted by molar-refractivity contribution is 9.10. The number of rotatable bonds is 11. The van der Waals surface area contributed by atoms with Crippen LogP contribution in [0.25, 0.3) is 0 Å². The van der Waals surface area contributed by atoms with Crippen molar-refractivity contribution in [3.05, 3.63) is 57.6 Å². The first-order chi connectivity index (χ1) is 14.7. The van der Waals surface area contributed by atoms with E-state index in [9.17, 15) is 0 Å². The Morgan fingerprint density at radius 3 is 2.67 bits per heavy atom. The first kappa shape index (κ1) is 23.1. The lowest BCUT2D eigenvalue weighted by atomic mass is 10.1. The predicted molar refractivity (Wildman–Crippen MR) is 124 cm³/mol. The van der Waals surface area contributed by atoms with Crippen LogP contribution >= 0.6 is 15.9 Å². The molecule has 1 N–H and O–H groups in total. The van der Waals surface area contributed by atoms with E-state index in [-0.39, 0.29) is 0 Å². The standard InChI is InChI=1S/C24H33BrN2O3/c1-3-29-23-15-21(17-26-8-5-9-27-10-12-28-13-11-27)22(25)16-24(23)30-18-20-7-4-6-19(2)14-20/h4,6-7,14-16,26H,3,5,8-13,17-18H2,1-2H3. The van der Waals surface area contributed by atoms with Crippen LogP contribution in [0, 0.1) is 6.92 Å². The van der Waals surface area contributed by atoms with Gasteiger partial charge in [-0.05, 0) is 56.6 Å². The fourth-order valence-corrected chi connectivity index (χ4v) is 3.99. The van der Waals surface area contributed by atoms with E-state index in [4.69, 9.17) is 14.2 Å². The number of hydrogen-bond donors (Lipinski definition) is 1. The zero-order chi connectivity index (χ0) is 21.2. The highest BCUT2D eigenvalue weighted by Gasteiger charge is 2.12. The van der Waals surface area contributed by atoms with E-state index in [1.807, 2.05) is 13.0 Å². The number of nitrogens with zero attached hydrogens (tertiary/aromatic N) is 1. The summed E-state index contributed by atoms with van der Waals surface area (Å²) < 4.78 is 18.4. The molecule has 5 nitrogen and oxygen atoms in total. The summed E-state index contributed by atoms with van der Waals surface area (Å²) in [5, 5.41) is 3.55. The Labute approximate surface area is 188 Å². The second kappa shape index (κ2) is 12.3. The summed E-state index contributed by atoms with van der Waals surface area (Å²) in [5.74, 6) is 1.56. The molecule has 0 radical (unpaired) electrons. The molecule has 3 rings (SSSR count). The van der Waals surface area contributed by atoms with Gasteiger partial charge in [0.15, 0.2) is 11.5 Å². The molecule has 1 aliphatic rings. The topological polar surface area (TPSA) is 43.0 Å². The number of hydrogen-bond acceptors (Lipinski definition) is 5. The molecule has 164 valence electrons. The third-order valence-electron chi connectivity index (χ3n) is 5.14. The van der Waals surface area contributed by atoms with Crippen molar-refractivity contribution in [3.63, 3.8) is 0 Å². The van der Waals surface area contributed by atoms with Gasteiger partial charge in [0.05, 0.1) is 19.8 Å². The van der Waals surface area contributed by atoms with Crippen LogP contribution in [-0.2, 0) is 17.9 Å². The molecule has 0 atom stereocenters. The van der Waals surface area contributed by atoms with Crippen molar-refractivity contribution in [2.75, 3.05) is 46.0 Å². The lowest BCUT2D eigenvalue weighted by Crippen LogP contribution is -2.37. The van der Waals surface area contributed by atoms with Gasteiger partial charge in [-0.3, -0.25) is 4.90 Å². The van der Waals surface area contributed by atoms with Gasteiger partial charge in [0.1, 0.15) is 6.61 Å². The van der Waals surface area contributed by atoms with Gasteiger partial charge in [-0.1, -0.05) is 45.8 Å². The van der Waals surface area contributed by atoms with Crippen molar-refractivity contribution in [3.8, 4) is 11.5 Å². The third-order valence-corrected chi connectivity index (χ3v) is 5.87. The minimum atomic E-state index is 0.521. The number of ether oxygens (including phenoxy) is 3. The third kappa shape index (κ3) is 7.27. The Balaban J connectivity index is 1.52. The number of nitrogens with one attached hydrogen (secondary N) is 1. The average Bonchev–Trinajstić information content (AvgIpc) is 2.75. The number of benzene rings is 2. The molecule has 0 bridgehead atoms. The van der Waals surface area contributed by atoms with Gasteiger partial charge in [0.25, 0.3) is 0 Å². The van der Waals surface area contributed by atoms with E-state index >= 15 is 0 Å². The molecule has 30 heavy (non-hydrogen) atoms. The van der Waals surface area contributed by atoms with E-state index in [1.54, 1.807) is 0 Å². The number of halogens is 1. The van der Waals surface area contributed by atoms with Crippen LogP contribution in [0.2, 0.25) is 0 Å². The Morgan fingerprint density at radius 2 is 1.90 bits per heavy atom. The van der Waals surface area contributed by atoms with Gasteiger partial charge in [-0.25, -0.2) is 0 Å². The van der Waals surface area contributed by atoms with Crippen LogP contribution in [0.5, 0.6) is 11.5 Å². The minimum absolute atomic E-state index is 0.521. The van der Waals surface area contributed by atoms with Gasteiger partial charge in [-0.15, -0.1) is 0 Å². The van der Waals surface area contributed by atoms with E-state index in [2.05, 4.69) is 63.4 Å². The maximum atomic E-state index is 6.09. The molecule has 2 aromatic rings. The molecule has 0 unspecified atom stereocenters. The van der Waals surface area contributed by atoms with Gasteiger partial charge in [0.2, 0.25) is 0 Å². The fourth-order valence-electron chi connectivity index (χ4n) is 3.53. The maximum Gasteiger partial charge on any atom is 0.162 e.